The molecule has 1 amide bonds. The van der Waals surface area contributed by atoms with Crippen LogP contribution in [0.15, 0.2) is 66.9 Å². The van der Waals surface area contributed by atoms with Crippen molar-refractivity contribution in [3.8, 4) is 0 Å². The molecule has 1 aromatic heterocycles. The molecular weight excluding hydrogens is 358 g/mol. The highest BCUT2D eigenvalue weighted by molar-refractivity contribution is 6.02. The molecule has 1 saturated carbocycles. The van der Waals surface area contributed by atoms with E-state index in [1.54, 1.807) is 12.3 Å². The first-order valence-corrected chi connectivity index (χ1v) is 10.4. The molecule has 4 nitrogen and oxygen atoms in total. The topological polar surface area (TPSA) is 54.0 Å². The van der Waals surface area contributed by atoms with Crippen LogP contribution in [0.2, 0.25) is 0 Å². The summed E-state index contributed by atoms with van der Waals surface area (Å²) in [4.78, 5) is 16.6. The van der Waals surface area contributed by atoms with Gasteiger partial charge < -0.3 is 10.6 Å². The van der Waals surface area contributed by atoms with Crippen LogP contribution in [0.4, 0.5) is 11.4 Å². The van der Waals surface area contributed by atoms with Crippen LogP contribution in [-0.2, 0) is 4.79 Å². The van der Waals surface area contributed by atoms with Crippen LogP contribution in [0.5, 0.6) is 0 Å². The van der Waals surface area contributed by atoms with E-state index in [0.717, 1.165) is 34.6 Å². The molecule has 0 bridgehead atoms. The van der Waals surface area contributed by atoms with Gasteiger partial charge >= 0.3 is 0 Å². The van der Waals surface area contributed by atoms with Gasteiger partial charge in [-0.2, -0.15) is 0 Å². The average Bonchev–Trinajstić information content (AvgIpc) is 2.77. The average molecular weight is 386 g/mol. The first-order valence-electron chi connectivity index (χ1n) is 10.4. The van der Waals surface area contributed by atoms with Gasteiger partial charge in [-0.15, -0.1) is 0 Å². The molecule has 2 N–H and O–H groups in total. The van der Waals surface area contributed by atoms with Crippen molar-refractivity contribution in [3.63, 3.8) is 0 Å². The number of benzene rings is 2. The predicted octanol–water partition coefficient (Wildman–Crippen LogP) is 5.88. The Hall–Kier alpha value is -3.14. The normalized spacial score (nSPS) is 14.9. The fourth-order valence-corrected chi connectivity index (χ4v) is 3.86. The molecule has 1 heterocycles. The van der Waals surface area contributed by atoms with Gasteiger partial charge in [-0.25, -0.2) is 0 Å². The lowest BCUT2D eigenvalue weighted by Crippen LogP contribution is -2.16. The van der Waals surface area contributed by atoms with Gasteiger partial charge in [-0.05, 0) is 54.7 Å². The number of rotatable bonds is 6. The number of carbonyl (C=O) groups is 1. The molecule has 29 heavy (non-hydrogen) atoms. The molecule has 4 heteroatoms. The molecule has 1 aliphatic carbocycles. The van der Waals surface area contributed by atoms with E-state index in [-0.39, 0.29) is 5.91 Å². The van der Waals surface area contributed by atoms with Gasteiger partial charge in [-0.1, -0.05) is 49.6 Å². The number of aromatic nitrogens is 1. The molecule has 4 rings (SSSR count). The summed E-state index contributed by atoms with van der Waals surface area (Å²) in [5.74, 6) is 0.637. The van der Waals surface area contributed by atoms with Crippen LogP contribution in [0.3, 0.4) is 0 Å². The number of hydrogen-bond acceptors (Lipinski definition) is 3. The van der Waals surface area contributed by atoms with Crippen molar-refractivity contribution < 1.29 is 4.79 Å². The molecular formula is C25H27N3O. The second-order valence-corrected chi connectivity index (χ2v) is 7.75. The van der Waals surface area contributed by atoms with Gasteiger partial charge in [-0.3, -0.25) is 9.78 Å². The molecule has 0 unspecified atom stereocenters. The highest BCUT2D eigenvalue weighted by atomic mass is 16.1. The van der Waals surface area contributed by atoms with E-state index in [2.05, 4.69) is 27.8 Å². The number of carbonyl (C=O) groups excluding carboxylic acids is 1. The van der Waals surface area contributed by atoms with Crippen molar-refractivity contribution in [2.75, 3.05) is 17.2 Å². The number of pyridine rings is 1. The Morgan fingerprint density at radius 1 is 1.00 bits per heavy atom. The Labute approximate surface area is 172 Å². The maximum Gasteiger partial charge on any atom is 0.248 e. The Morgan fingerprint density at radius 2 is 1.79 bits per heavy atom. The standard InChI is InChI=1S/C25H27N3O/c29-25(28-23-16-21-8-4-5-9-24(21)27-18-23)15-12-19-10-13-22(14-11-19)26-17-20-6-2-1-3-7-20/h4-5,8-16,18,20,26H,1-3,6-7,17H2,(H,28,29). The fourth-order valence-electron chi connectivity index (χ4n) is 3.86. The summed E-state index contributed by atoms with van der Waals surface area (Å²) in [6.45, 7) is 1.05. The second kappa shape index (κ2) is 9.37. The highest BCUT2D eigenvalue weighted by Gasteiger charge is 2.12. The number of para-hydroxylation sites is 1. The minimum atomic E-state index is -0.165. The van der Waals surface area contributed by atoms with Crippen molar-refractivity contribution in [2.45, 2.75) is 32.1 Å². The van der Waals surface area contributed by atoms with Gasteiger partial charge in [0.1, 0.15) is 0 Å². The van der Waals surface area contributed by atoms with E-state index in [0.29, 0.717) is 5.69 Å². The summed E-state index contributed by atoms with van der Waals surface area (Å²) in [7, 11) is 0. The molecule has 0 aliphatic heterocycles. The molecule has 0 spiro atoms. The molecule has 0 atom stereocenters. The fraction of sp³-hybridized carbons (Fsp3) is 0.280. The Kier molecular flexibility index (Phi) is 6.20. The summed E-state index contributed by atoms with van der Waals surface area (Å²) in [5.41, 5.74) is 3.75. The van der Waals surface area contributed by atoms with Crippen molar-refractivity contribution in [1.29, 1.82) is 0 Å². The third kappa shape index (κ3) is 5.44. The number of nitrogens with one attached hydrogen (secondary N) is 2. The smallest absolute Gasteiger partial charge is 0.248 e. The zero-order chi connectivity index (χ0) is 19.9. The Balaban J connectivity index is 1.30. The van der Waals surface area contributed by atoms with Crippen molar-refractivity contribution in [2.24, 2.45) is 5.92 Å². The van der Waals surface area contributed by atoms with Crippen LogP contribution in [-0.4, -0.2) is 17.4 Å². The summed E-state index contributed by atoms with van der Waals surface area (Å²) < 4.78 is 0. The van der Waals surface area contributed by atoms with Crippen molar-refractivity contribution in [3.05, 3.63) is 72.4 Å². The number of fused-ring (bicyclic) bond motifs is 1. The lowest BCUT2D eigenvalue weighted by molar-refractivity contribution is -0.111. The molecule has 1 aliphatic rings. The van der Waals surface area contributed by atoms with Crippen molar-refractivity contribution in [1.82, 2.24) is 4.98 Å². The second-order valence-electron chi connectivity index (χ2n) is 7.75. The summed E-state index contributed by atoms with van der Waals surface area (Å²) in [5, 5.41) is 7.42. The number of amides is 1. The SMILES string of the molecule is O=C(C=Cc1ccc(NCC2CCCCC2)cc1)Nc1cnc2ccccc2c1. The Morgan fingerprint density at radius 3 is 2.62 bits per heavy atom. The van der Waals surface area contributed by atoms with Crippen LogP contribution in [0.25, 0.3) is 17.0 Å². The summed E-state index contributed by atoms with van der Waals surface area (Å²) >= 11 is 0. The maximum absolute atomic E-state index is 12.2. The third-order valence-electron chi connectivity index (χ3n) is 5.52. The molecule has 0 saturated heterocycles. The van der Waals surface area contributed by atoms with Crippen LogP contribution < -0.4 is 10.6 Å². The zero-order valence-electron chi connectivity index (χ0n) is 16.6. The first kappa shape index (κ1) is 19.2. The predicted molar refractivity (Wildman–Crippen MR) is 121 cm³/mol. The quantitative estimate of drug-likeness (QED) is 0.521. The van der Waals surface area contributed by atoms with Gasteiger partial charge in [0.15, 0.2) is 0 Å². The number of anilines is 2. The minimum Gasteiger partial charge on any atom is -0.385 e. The van der Waals surface area contributed by atoms with Gasteiger partial charge in [0.05, 0.1) is 17.4 Å². The third-order valence-corrected chi connectivity index (χ3v) is 5.52. The van der Waals surface area contributed by atoms with Crippen LogP contribution >= 0.6 is 0 Å². The molecule has 0 radical (unpaired) electrons. The highest BCUT2D eigenvalue weighted by Crippen LogP contribution is 2.24. The van der Waals surface area contributed by atoms with Crippen LogP contribution in [0, 0.1) is 5.92 Å². The summed E-state index contributed by atoms with van der Waals surface area (Å²) in [6, 6.07) is 18.0. The zero-order valence-corrected chi connectivity index (χ0v) is 16.6. The summed E-state index contributed by atoms with van der Waals surface area (Å²) in [6.07, 6.45) is 11.9. The van der Waals surface area contributed by atoms with Crippen LogP contribution in [0.1, 0.15) is 37.7 Å². The van der Waals surface area contributed by atoms with E-state index in [1.807, 2.05) is 48.5 Å². The lowest BCUT2D eigenvalue weighted by Gasteiger charge is -2.22. The van der Waals surface area contributed by atoms with E-state index >= 15 is 0 Å². The minimum absolute atomic E-state index is 0.165. The van der Waals surface area contributed by atoms with E-state index in [1.165, 1.54) is 32.1 Å². The molecule has 1 fully saturated rings. The Bertz CT molecular complexity index is 988. The van der Waals surface area contributed by atoms with E-state index in [9.17, 15) is 4.79 Å². The monoisotopic (exact) mass is 385 g/mol. The van der Waals surface area contributed by atoms with E-state index in [4.69, 9.17) is 0 Å². The first-order chi connectivity index (χ1) is 14.3. The lowest BCUT2D eigenvalue weighted by atomic mass is 9.89. The number of hydrogen-bond donors (Lipinski definition) is 2. The number of nitrogens with zero attached hydrogens (tertiary/aromatic N) is 1. The van der Waals surface area contributed by atoms with Gasteiger partial charge in [0, 0.05) is 23.7 Å². The molecule has 148 valence electrons. The van der Waals surface area contributed by atoms with Crippen molar-refractivity contribution >= 4 is 34.3 Å². The molecule has 3 aromatic rings. The largest absolute Gasteiger partial charge is 0.385 e. The van der Waals surface area contributed by atoms with Gasteiger partial charge in [0.2, 0.25) is 5.91 Å². The molecule has 2 aromatic carbocycles. The van der Waals surface area contributed by atoms with Gasteiger partial charge in [0.25, 0.3) is 0 Å². The maximum atomic E-state index is 12.2. The van der Waals surface area contributed by atoms with E-state index < -0.39 is 0 Å².